The van der Waals surface area contributed by atoms with E-state index in [1.165, 1.54) is 5.56 Å². The zero-order valence-electron chi connectivity index (χ0n) is 21.5. The highest BCUT2D eigenvalue weighted by molar-refractivity contribution is 14.1. The maximum Gasteiger partial charge on any atom is 0.294 e. The SMILES string of the molecule is COc1cc(/C=C2\SC(=O)N(CC(=O)Nc3cc(C)cc(C)c3)C2=O)cc(I)c1OCc1ccc(C)cc1. The molecule has 7 nitrogen and oxygen atoms in total. The number of ether oxygens (including phenoxy) is 2. The molecule has 0 radical (unpaired) electrons. The fraction of sp³-hybridized carbons (Fsp3) is 0.207. The molecule has 196 valence electrons. The van der Waals surface area contributed by atoms with Crippen molar-refractivity contribution in [2.75, 3.05) is 19.0 Å². The fourth-order valence-corrected chi connectivity index (χ4v) is 5.60. The third-order valence-corrected chi connectivity index (χ3v) is 7.44. The molecule has 1 saturated heterocycles. The van der Waals surface area contributed by atoms with Crippen LogP contribution in [0.3, 0.4) is 0 Å². The lowest BCUT2D eigenvalue weighted by Gasteiger charge is -2.14. The van der Waals surface area contributed by atoms with Gasteiger partial charge in [0.05, 0.1) is 15.6 Å². The summed E-state index contributed by atoms with van der Waals surface area (Å²) in [7, 11) is 1.55. The Balaban J connectivity index is 1.46. The number of benzene rings is 3. The Hall–Kier alpha value is -3.31. The van der Waals surface area contributed by atoms with Gasteiger partial charge >= 0.3 is 0 Å². The second kappa shape index (κ2) is 12.0. The highest BCUT2D eigenvalue weighted by Crippen LogP contribution is 2.37. The minimum atomic E-state index is -0.510. The van der Waals surface area contributed by atoms with Crippen LogP contribution in [0.2, 0.25) is 0 Å². The lowest BCUT2D eigenvalue weighted by molar-refractivity contribution is -0.127. The van der Waals surface area contributed by atoms with E-state index in [2.05, 4.69) is 27.9 Å². The number of aryl methyl sites for hydroxylation is 3. The van der Waals surface area contributed by atoms with E-state index >= 15 is 0 Å². The fourth-order valence-electron chi connectivity index (χ4n) is 3.98. The normalized spacial score (nSPS) is 14.2. The zero-order chi connectivity index (χ0) is 27.4. The van der Waals surface area contributed by atoms with Crippen molar-refractivity contribution in [3.05, 3.63) is 90.9 Å². The van der Waals surface area contributed by atoms with Gasteiger partial charge < -0.3 is 14.8 Å². The van der Waals surface area contributed by atoms with E-state index in [0.29, 0.717) is 29.4 Å². The van der Waals surface area contributed by atoms with Crippen molar-refractivity contribution in [2.45, 2.75) is 27.4 Å². The van der Waals surface area contributed by atoms with Crippen LogP contribution >= 0.6 is 34.4 Å². The van der Waals surface area contributed by atoms with E-state index in [1.54, 1.807) is 19.3 Å². The first-order chi connectivity index (χ1) is 18.1. The third kappa shape index (κ3) is 6.76. The van der Waals surface area contributed by atoms with Crippen LogP contribution < -0.4 is 14.8 Å². The van der Waals surface area contributed by atoms with Crippen LogP contribution in [0.1, 0.15) is 27.8 Å². The Morgan fingerprint density at radius 2 is 1.68 bits per heavy atom. The summed E-state index contributed by atoms with van der Waals surface area (Å²) >= 11 is 2.96. The van der Waals surface area contributed by atoms with Crippen molar-refractivity contribution in [3.8, 4) is 11.5 Å². The first-order valence-electron chi connectivity index (χ1n) is 11.8. The number of imide groups is 1. The molecule has 0 saturated carbocycles. The van der Waals surface area contributed by atoms with E-state index in [-0.39, 0.29) is 11.4 Å². The molecule has 0 aliphatic carbocycles. The smallest absolute Gasteiger partial charge is 0.294 e. The second-order valence-electron chi connectivity index (χ2n) is 9.00. The Labute approximate surface area is 239 Å². The lowest BCUT2D eigenvalue weighted by atomic mass is 10.1. The molecule has 0 unspecified atom stereocenters. The number of halogens is 1. The first kappa shape index (κ1) is 27.7. The molecular formula is C29H27IN2O5S. The monoisotopic (exact) mass is 642 g/mol. The number of carbonyl (C=O) groups is 3. The van der Waals surface area contributed by atoms with Gasteiger partial charge in [-0.2, -0.15) is 0 Å². The van der Waals surface area contributed by atoms with Crippen molar-refractivity contribution in [1.82, 2.24) is 4.90 Å². The zero-order valence-corrected chi connectivity index (χ0v) is 24.4. The topological polar surface area (TPSA) is 84.9 Å². The number of hydrogen-bond acceptors (Lipinski definition) is 6. The molecule has 0 atom stereocenters. The molecule has 0 spiro atoms. The van der Waals surface area contributed by atoms with E-state index in [1.807, 2.05) is 69.3 Å². The summed E-state index contributed by atoms with van der Waals surface area (Å²) in [6.45, 7) is 5.92. The van der Waals surface area contributed by atoms with Crippen LogP contribution in [0.25, 0.3) is 6.08 Å². The minimum Gasteiger partial charge on any atom is -0.493 e. The number of hydrogen-bond donors (Lipinski definition) is 1. The largest absolute Gasteiger partial charge is 0.493 e. The number of carbonyl (C=O) groups excluding carboxylic acids is 3. The highest BCUT2D eigenvalue weighted by atomic mass is 127. The molecular weight excluding hydrogens is 615 g/mol. The molecule has 38 heavy (non-hydrogen) atoms. The average Bonchev–Trinajstić information content (AvgIpc) is 3.10. The summed E-state index contributed by atoms with van der Waals surface area (Å²) in [6.07, 6.45) is 1.63. The molecule has 1 aliphatic rings. The molecule has 1 N–H and O–H groups in total. The number of methoxy groups -OCH3 is 1. The molecule has 0 aromatic heterocycles. The molecule has 1 fully saturated rings. The summed E-state index contributed by atoms with van der Waals surface area (Å²) < 4.78 is 12.4. The summed E-state index contributed by atoms with van der Waals surface area (Å²) in [5.74, 6) is 0.165. The van der Waals surface area contributed by atoms with Crippen LogP contribution in [-0.4, -0.2) is 35.6 Å². The molecule has 0 bridgehead atoms. The number of nitrogens with zero attached hydrogens (tertiary/aromatic N) is 1. The molecule has 3 aromatic carbocycles. The molecule has 9 heteroatoms. The molecule has 1 aliphatic heterocycles. The Kier molecular flexibility index (Phi) is 8.78. The van der Waals surface area contributed by atoms with E-state index < -0.39 is 17.1 Å². The van der Waals surface area contributed by atoms with Crippen LogP contribution in [0.15, 0.2) is 59.5 Å². The van der Waals surface area contributed by atoms with Crippen LogP contribution in [0, 0.1) is 24.3 Å². The van der Waals surface area contributed by atoms with Crippen molar-refractivity contribution < 1.29 is 23.9 Å². The third-order valence-electron chi connectivity index (χ3n) is 5.73. The van der Waals surface area contributed by atoms with E-state index in [4.69, 9.17) is 9.47 Å². The number of thioether (sulfide) groups is 1. The Morgan fingerprint density at radius 1 is 1.00 bits per heavy atom. The summed E-state index contributed by atoms with van der Waals surface area (Å²) in [5, 5.41) is 2.28. The van der Waals surface area contributed by atoms with Gasteiger partial charge in [0.1, 0.15) is 13.2 Å². The highest BCUT2D eigenvalue weighted by Gasteiger charge is 2.36. The molecule has 4 rings (SSSR count). The van der Waals surface area contributed by atoms with Crippen LogP contribution in [0.5, 0.6) is 11.5 Å². The summed E-state index contributed by atoms with van der Waals surface area (Å²) in [6, 6.07) is 17.4. The Bertz CT molecular complexity index is 1420. The van der Waals surface area contributed by atoms with Gasteiger partial charge in [0, 0.05) is 5.69 Å². The van der Waals surface area contributed by atoms with Crippen molar-refractivity contribution >= 4 is 63.2 Å². The number of amides is 3. The van der Waals surface area contributed by atoms with Gasteiger partial charge in [-0.05, 0) is 108 Å². The second-order valence-corrected chi connectivity index (χ2v) is 11.2. The van der Waals surface area contributed by atoms with Gasteiger partial charge in [-0.25, -0.2) is 0 Å². The predicted molar refractivity (Wildman–Crippen MR) is 158 cm³/mol. The maximum atomic E-state index is 13.0. The van der Waals surface area contributed by atoms with Gasteiger partial charge in [0.2, 0.25) is 5.91 Å². The first-order valence-corrected chi connectivity index (χ1v) is 13.7. The van der Waals surface area contributed by atoms with Gasteiger partial charge in [0.15, 0.2) is 11.5 Å². The molecule has 1 heterocycles. The lowest BCUT2D eigenvalue weighted by Crippen LogP contribution is -2.36. The number of nitrogens with one attached hydrogen (secondary N) is 1. The van der Waals surface area contributed by atoms with Crippen molar-refractivity contribution in [1.29, 1.82) is 0 Å². The van der Waals surface area contributed by atoms with Gasteiger partial charge in [-0.3, -0.25) is 19.3 Å². The maximum absolute atomic E-state index is 13.0. The van der Waals surface area contributed by atoms with Crippen molar-refractivity contribution in [3.63, 3.8) is 0 Å². The van der Waals surface area contributed by atoms with Gasteiger partial charge in [0.25, 0.3) is 11.1 Å². The van der Waals surface area contributed by atoms with E-state index in [0.717, 1.165) is 36.9 Å². The van der Waals surface area contributed by atoms with Crippen LogP contribution in [-0.2, 0) is 16.2 Å². The van der Waals surface area contributed by atoms with Gasteiger partial charge in [-0.15, -0.1) is 0 Å². The predicted octanol–water partition coefficient (Wildman–Crippen LogP) is 6.48. The molecule has 3 amide bonds. The number of anilines is 1. The Morgan fingerprint density at radius 3 is 2.34 bits per heavy atom. The van der Waals surface area contributed by atoms with Gasteiger partial charge in [-0.1, -0.05) is 35.9 Å². The quantitative estimate of drug-likeness (QED) is 0.224. The number of rotatable bonds is 8. The molecule has 3 aromatic rings. The minimum absolute atomic E-state index is 0.236. The summed E-state index contributed by atoms with van der Waals surface area (Å²) in [4.78, 5) is 39.3. The van der Waals surface area contributed by atoms with E-state index in [9.17, 15) is 14.4 Å². The summed E-state index contributed by atoms with van der Waals surface area (Å²) in [5.41, 5.74) is 5.53. The van der Waals surface area contributed by atoms with Crippen molar-refractivity contribution in [2.24, 2.45) is 0 Å². The standard InChI is InChI=1S/C29H27IN2O5S/c1-17-5-7-20(8-6-17)16-37-27-23(30)12-21(13-24(27)36-4)14-25-28(34)32(29(35)38-25)15-26(33)31-22-10-18(2)9-19(3)11-22/h5-14H,15-16H2,1-4H3,(H,31,33)/b25-14-. The van der Waals surface area contributed by atoms with Crippen LogP contribution in [0.4, 0.5) is 10.5 Å². The average molecular weight is 643 g/mol.